The van der Waals surface area contributed by atoms with Gasteiger partial charge in [0.2, 0.25) is 0 Å². The van der Waals surface area contributed by atoms with Crippen LogP contribution in [0, 0.1) is 6.92 Å². The zero-order valence-electron chi connectivity index (χ0n) is 19.2. The molecule has 178 valence electrons. The largest absolute Gasteiger partial charge is 0.510 e. The molecule has 0 atom stereocenters. The number of amides is 1. The second kappa shape index (κ2) is 11.0. The highest BCUT2D eigenvalue weighted by Crippen LogP contribution is 2.30. The number of hydrogen-bond acceptors (Lipinski definition) is 7. The maximum atomic E-state index is 13.1. The number of carbonyl (C=O) groups is 2. The first-order valence-corrected chi connectivity index (χ1v) is 11.3. The standard InChI is InChI=1S/C26H29N3O5/c1-20-7-5-6-10-24(20)34-14-13-33-12-11-27-19-28(16-21-8-3-2-4-9-21)29-17-22(18-30)15-23(31)25(29)26(27)32/h2-10,17-18,31H,11-16,19H2,1H3. The lowest BCUT2D eigenvalue weighted by Gasteiger charge is -2.45. The van der Waals surface area contributed by atoms with Crippen molar-refractivity contribution in [2.45, 2.75) is 19.9 Å². The van der Waals surface area contributed by atoms with Crippen molar-refractivity contribution in [2.75, 3.05) is 33.0 Å². The van der Waals surface area contributed by atoms with E-state index in [0.29, 0.717) is 51.4 Å². The molecule has 4 rings (SSSR count). The Morgan fingerprint density at radius 2 is 1.79 bits per heavy atom. The SMILES string of the molecule is Cc1ccccc1OCCOCCN1CN(Cc2ccccc2)N2C=C(C=O)CC(O)=C2C1=O. The molecule has 2 aromatic carbocycles. The van der Waals surface area contributed by atoms with Crippen LogP contribution in [-0.2, 0) is 20.9 Å². The Bertz CT molecular complexity index is 1080. The molecule has 0 radical (unpaired) electrons. The van der Waals surface area contributed by atoms with E-state index in [2.05, 4.69) is 0 Å². The van der Waals surface area contributed by atoms with Crippen LogP contribution in [0.4, 0.5) is 0 Å². The van der Waals surface area contributed by atoms with Gasteiger partial charge in [-0.05, 0) is 24.1 Å². The lowest BCUT2D eigenvalue weighted by atomic mass is 10.1. The number of carbonyl (C=O) groups excluding carboxylic acids is 2. The predicted octanol–water partition coefficient (Wildman–Crippen LogP) is 3.17. The monoisotopic (exact) mass is 463 g/mol. The number of benzene rings is 2. The van der Waals surface area contributed by atoms with Crippen LogP contribution in [0.5, 0.6) is 5.75 Å². The molecule has 0 saturated carbocycles. The summed E-state index contributed by atoms with van der Waals surface area (Å²) in [5.41, 5.74) is 2.71. The molecule has 1 N–H and O–H groups in total. The van der Waals surface area contributed by atoms with Gasteiger partial charge in [-0.25, -0.2) is 0 Å². The molecule has 0 aliphatic carbocycles. The van der Waals surface area contributed by atoms with E-state index in [1.807, 2.05) is 66.5 Å². The number of ether oxygens (including phenoxy) is 2. The fourth-order valence-electron chi connectivity index (χ4n) is 3.97. The number of para-hydroxylation sites is 1. The predicted molar refractivity (Wildman–Crippen MR) is 126 cm³/mol. The van der Waals surface area contributed by atoms with E-state index in [4.69, 9.17) is 9.47 Å². The number of aldehydes is 1. The van der Waals surface area contributed by atoms with Crippen molar-refractivity contribution in [1.29, 1.82) is 0 Å². The van der Waals surface area contributed by atoms with Crippen molar-refractivity contribution < 1.29 is 24.2 Å². The molecule has 2 aliphatic heterocycles. The second-order valence-corrected chi connectivity index (χ2v) is 8.23. The molecule has 2 aliphatic rings. The number of rotatable bonds is 10. The molecule has 34 heavy (non-hydrogen) atoms. The number of nitrogens with zero attached hydrogens (tertiary/aromatic N) is 3. The Hall–Kier alpha value is -3.62. The summed E-state index contributed by atoms with van der Waals surface area (Å²) < 4.78 is 11.5. The van der Waals surface area contributed by atoms with Gasteiger partial charge in [0.25, 0.3) is 5.91 Å². The minimum absolute atomic E-state index is 0.0425. The van der Waals surface area contributed by atoms with Gasteiger partial charge in [0.05, 0.1) is 19.9 Å². The van der Waals surface area contributed by atoms with Crippen molar-refractivity contribution >= 4 is 12.2 Å². The summed E-state index contributed by atoms with van der Waals surface area (Å²) in [6.07, 6.45) is 2.37. The quantitative estimate of drug-likeness (QED) is 0.428. The second-order valence-electron chi connectivity index (χ2n) is 8.23. The van der Waals surface area contributed by atoms with Crippen LogP contribution in [0.1, 0.15) is 17.5 Å². The Morgan fingerprint density at radius 1 is 1.03 bits per heavy atom. The van der Waals surface area contributed by atoms with Crippen LogP contribution in [-0.4, -0.2) is 65.3 Å². The zero-order valence-corrected chi connectivity index (χ0v) is 19.2. The summed E-state index contributed by atoms with van der Waals surface area (Å²) in [7, 11) is 0. The zero-order chi connectivity index (χ0) is 23.9. The van der Waals surface area contributed by atoms with Crippen LogP contribution >= 0.6 is 0 Å². The normalized spacial score (nSPS) is 16.4. The van der Waals surface area contributed by atoms with E-state index in [0.717, 1.165) is 16.9 Å². The lowest BCUT2D eigenvalue weighted by molar-refractivity contribution is -0.148. The molecule has 2 heterocycles. The van der Waals surface area contributed by atoms with Crippen LogP contribution in [0.15, 0.2) is 77.8 Å². The summed E-state index contributed by atoms with van der Waals surface area (Å²) in [6, 6.07) is 17.6. The van der Waals surface area contributed by atoms with Crippen molar-refractivity contribution in [3.8, 4) is 5.75 Å². The number of hydrazine groups is 1. The fraction of sp³-hybridized carbons (Fsp3) is 0.308. The van der Waals surface area contributed by atoms with Gasteiger partial charge in [-0.2, -0.15) is 5.01 Å². The minimum Gasteiger partial charge on any atom is -0.510 e. The van der Waals surface area contributed by atoms with Crippen LogP contribution in [0.25, 0.3) is 0 Å². The highest BCUT2D eigenvalue weighted by atomic mass is 16.5. The van der Waals surface area contributed by atoms with E-state index in [9.17, 15) is 14.7 Å². The van der Waals surface area contributed by atoms with E-state index in [1.54, 1.807) is 16.1 Å². The molecule has 1 saturated heterocycles. The van der Waals surface area contributed by atoms with Gasteiger partial charge in [0.15, 0.2) is 5.70 Å². The maximum absolute atomic E-state index is 13.1. The molecule has 1 amide bonds. The van der Waals surface area contributed by atoms with Crippen molar-refractivity contribution in [3.63, 3.8) is 0 Å². The van der Waals surface area contributed by atoms with Crippen molar-refractivity contribution in [3.05, 3.63) is 89.0 Å². The van der Waals surface area contributed by atoms with Gasteiger partial charge in [-0.15, -0.1) is 0 Å². The highest BCUT2D eigenvalue weighted by Gasteiger charge is 2.38. The van der Waals surface area contributed by atoms with Crippen LogP contribution in [0.2, 0.25) is 0 Å². The van der Waals surface area contributed by atoms with Gasteiger partial charge in [0, 0.05) is 31.3 Å². The third-order valence-electron chi connectivity index (χ3n) is 5.73. The summed E-state index contributed by atoms with van der Waals surface area (Å²) in [4.78, 5) is 26.2. The topological polar surface area (TPSA) is 82.6 Å². The number of aliphatic hydroxyl groups is 1. The molecule has 8 heteroatoms. The smallest absolute Gasteiger partial charge is 0.276 e. The van der Waals surface area contributed by atoms with Gasteiger partial charge < -0.3 is 19.5 Å². The number of aliphatic hydroxyl groups excluding tert-OH is 1. The molecular weight excluding hydrogens is 434 g/mol. The Kier molecular flexibility index (Phi) is 7.61. The summed E-state index contributed by atoms with van der Waals surface area (Å²) in [5.74, 6) is 0.434. The molecule has 2 aromatic rings. The van der Waals surface area contributed by atoms with Crippen molar-refractivity contribution in [1.82, 2.24) is 14.9 Å². The third kappa shape index (κ3) is 5.47. The number of fused-ring (bicyclic) bond motifs is 1. The average Bonchev–Trinajstić information content (AvgIpc) is 2.85. The molecule has 8 nitrogen and oxygen atoms in total. The number of hydrogen-bond donors (Lipinski definition) is 1. The molecule has 0 spiro atoms. The van der Waals surface area contributed by atoms with Crippen LogP contribution < -0.4 is 4.74 Å². The van der Waals surface area contributed by atoms with Gasteiger partial charge in [0.1, 0.15) is 24.4 Å². The van der Waals surface area contributed by atoms with E-state index >= 15 is 0 Å². The summed E-state index contributed by atoms with van der Waals surface area (Å²) in [5, 5.41) is 14.1. The highest BCUT2D eigenvalue weighted by molar-refractivity contribution is 5.95. The van der Waals surface area contributed by atoms with Gasteiger partial charge in [-0.1, -0.05) is 48.5 Å². The van der Waals surface area contributed by atoms with E-state index in [-0.39, 0.29) is 23.8 Å². The first kappa shape index (κ1) is 23.5. The molecular formula is C26H29N3O5. The van der Waals surface area contributed by atoms with Crippen LogP contribution in [0.3, 0.4) is 0 Å². The lowest BCUT2D eigenvalue weighted by Crippen LogP contribution is -2.57. The summed E-state index contributed by atoms with van der Waals surface area (Å²) in [6.45, 7) is 4.32. The Labute approximate surface area is 199 Å². The van der Waals surface area contributed by atoms with E-state index < -0.39 is 0 Å². The Balaban J connectivity index is 1.37. The number of allylic oxidation sites excluding steroid dienone is 1. The van der Waals surface area contributed by atoms with Gasteiger partial charge >= 0.3 is 0 Å². The summed E-state index contributed by atoms with van der Waals surface area (Å²) >= 11 is 0. The molecule has 0 aromatic heterocycles. The molecule has 1 fully saturated rings. The molecule has 0 unspecified atom stereocenters. The number of aryl methyl sites for hydroxylation is 1. The molecule has 0 bridgehead atoms. The Morgan fingerprint density at radius 3 is 2.56 bits per heavy atom. The first-order valence-electron chi connectivity index (χ1n) is 11.3. The van der Waals surface area contributed by atoms with E-state index in [1.165, 1.54) is 0 Å². The fourth-order valence-corrected chi connectivity index (χ4v) is 3.97. The minimum atomic E-state index is -0.289. The van der Waals surface area contributed by atoms with Gasteiger partial charge in [-0.3, -0.25) is 14.6 Å². The first-order chi connectivity index (χ1) is 16.6. The van der Waals surface area contributed by atoms with Crippen molar-refractivity contribution in [2.24, 2.45) is 0 Å². The average molecular weight is 464 g/mol. The maximum Gasteiger partial charge on any atom is 0.276 e. The third-order valence-corrected chi connectivity index (χ3v) is 5.73.